The highest BCUT2D eigenvalue weighted by Crippen LogP contribution is 2.19. The maximum absolute atomic E-state index is 12.9. The summed E-state index contributed by atoms with van der Waals surface area (Å²) in [7, 11) is 0. The lowest BCUT2D eigenvalue weighted by atomic mass is 10.0. The summed E-state index contributed by atoms with van der Waals surface area (Å²) in [6.07, 6.45) is 84.3. The largest absolute Gasteiger partial charge is 0.462 e. The molecule has 0 aliphatic rings. The number of hydrogen-bond donors (Lipinski definition) is 0. The Morgan fingerprint density at radius 1 is 0.269 bits per heavy atom. The number of carbonyl (C=O) groups is 3. The molecule has 0 saturated heterocycles. The number of ether oxygens (including phenoxy) is 3. The molecule has 0 aliphatic carbocycles. The molecule has 0 aromatic carbocycles. The lowest BCUT2D eigenvalue weighted by Crippen LogP contribution is -2.30. The molecule has 6 heteroatoms. The first-order valence-electron chi connectivity index (χ1n) is 34.6. The second-order valence-electron chi connectivity index (χ2n) is 23.4. The van der Waals surface area contributed by atoms with E-state index in [1.165, 1.54) is 238 Å². The van der Waals surface area contributed by atoms with Gasteiger partial charge in [0.25, 0.3) is 0 Å². The van der Waals surface area contributed by atoms with E-state index >= 15 is 0 Å². The molecule has 0 radical (unpaired) electrons. The van der Waals surface area contributed by atoms with Gasteiger partial charge in [0.15, 0.2) is 6.10 Å². The summed E-state index contributed by atoms with van der Waals surface area (Å²) in [5.41, 5.74) is 0. The smallest absolute Gasteiger partial charge is 0.306 e. The number of unbranched alkanes of at least 4 members (excludes halogenated alkanes) is 45. The molecule has 1 unspecified atom stereocenters. The maximum Gasteiger partial charge on any atom is 0.306 e. The second kappa shape index (κ2) is 66.9. The summed E-state index contributed by atoms with van der Waals surface area (Å²) in [6.45, 7) is 6.57. The third kappa shape index (κ3) is 64.2. The SMILES string of the molecule is CC/C=C\C/C=C\C/C=C\C/C=C\CCCCCCC(=O)OC(COC(=O)CCCCCCCCCCCCCCCC)COC(=O)CCCCCCCCCCCCCCCCCCCCCCCCCCCCCCC. The van der Waals surface area contributed by atoms with Crippen LogP contribution in [0.3, 0.4) is 0 Å². The first-order chi connectivity index (χ1) is 38.5. The summed E-state index contributed by atoms with van der Waals surface area (Å²) in [5, 5.41) is 0. The normalized spacial score (nSPS) is 12.3. The Hall–Kier alpha value is -2.63. The van der Waals surface area contributed by atoms with Crippen molar-refractivity contribution >= 4 is 17.9 Å². The minimum atomic E-state index is -0.784. The van der Waals surface area contributed by atoms with E-state index in [2.05, 4.69) is 69.4 Å². The van der Waals surface area contributed by atoms with Crippen molar-refractivity contribution in [2.24, 2.45) is 0 Å². The minimum Gasteiger partial charge on any atom is -0.462 e. The lowest BCUT2D eigenvalue weighted by molar-refractivity contribution is -0.167. The number of carbonyl (C=O) groups excluding carboxylic acids is 3. The highest BCUT2D eigenvalue weighted by atomic mass is 16.6. The van der Waals surface area contributed by atoms with Crippen LogP contribution in [0.4, 0.5) is 0 Å². The molecule has 0 spiro atoms. The van der Waals surface area contributed by atoms with Crippen molar-refractivity contribution in [3.8, 4) is 0 Å². The molecule has 0 bridgehead atoms. The third-order valence-electron chi connectivity index (χ3n) is 15.6. The van der Waals surface area contributed by atoms with Gasteiger partial charge < -0.3 is 14.2 Å². The molecule has 0 heterocycles. The van der Waals surface area contributed by atoms with Crippen LogP contribution in [-0.2, 0) is 28.6 Å². The summed E-state index contributed by atoms with van der Waals surface area (Å²) in [6, 6.07) is 0. The molecule has 0 amide bonds. The number of hydrogen-bond acceptors (Lipinski definition) is 6. The number of esters is 3. The molecule has 6 nitrogen and oxygen atoms in total. The molecule has 78 heavy (non-hydrogen) atoms. The molecule has 456 valence electrons. The molecule has 1 atom stereocenters. The average molecular weight is 1090 g/mol. The fraction of sp³-hybridized carbons (Fsp3) is 0.847. The van der Waals surface area contributed by atoms with Gasteiger partial charge in [-0.3, -0.25) is 14.4 Å². The van der Waals surface area contributed by atoms with Gasteiger partial charge in [-0.1, -0.05) is 345 Å². The highest BCUT2D eigenvalue weighted by Gasteiger charge is 2.19. The number of allylic oxidation sites excluding steroid dienone is 8. The van der Waals surface area contributed by atoms with E-state index in [9.17, 15) is 14.4 Å². The van der Waals surface area contributed by atoms with Crippen molar-refractivity contribution in [1.29, 1.82) is 0 Å². The summed E-state index contributed by atoms with van der Waals surface area (Å²) in [4.78, 5) is 38.4. The standard InChI is InChI=1S/C72H132O6/c1-4-7-10-13-16-19-22-25-28-30-31-32-33-34-35-36-37-38-39-40-41-43-44-47-50-53-56-59-62-65-71(74)77-68-69(67-76-70(73)64-61-58-55-52-49-46-27-24-21-18-15-12-9-6-3)78-72(75)66-63-60-57-54-51-48-45-42-29-26-23-20-17-14-11-8-5-2/h8,11,17,20,26,29,45,48,69H,4-7,9-10,12-16,18-19,21-25,27-28,30-44,46-47,49-68H2,1-3H3/b11-8-,20-17-,29-26-,48-45-. The van der Waals surface area contributed by atoms with Crippen LogP contribution < -0.4 is 0 Å². The van der Waals surface area contributed by atoms with Crippen LogP contribution in [0.1, 0.15) is 374 Å². The van der Waals surface area contributed by atoms with Gasteiger partial charge in [-0.2, -0.15) is 0 Å². The van der Waals surface area contributed by atoms with E-state index < -0.39 is 6.10 Å². The zero-order chi connectivity index (χ0) is 56.4. The van der Waals surface area contributed by atoms with E-state index in [4.69, 9.17) is 14.2 Å². The molecule has 0 N–H and O–H groups in total. The fourth-order valence-electron chi connectivity index (χ4n) is 10.4. The third-order valence-corrected chi connectivity index (χ3v) is 15.6. The monoisotopic (exact) mass is 1090 g/mol. The van der Waals surface area contributed by atoms with Crippen molar-refractivity contribution < 1.29 is 28.6 Å². The molecular formula is C72H132O6. The second-order valence-corrected chi connectivity index (χ2v) is 23.4. The average Bonchev–Trinajstić information content (AvgIpc) is 3.44. The van der Waals surface area contributed by atoms with Gasteiger partial charge in [0.05, 0.1) is 0 Å². The molecule has 0 saturated carbocycles. The van der Waals surface area contributed by atoms with Crippen LogP contribution in [0.15, 0.2) is 48.6 Å². The van der Waals surface area contributed by atoms with Gasteiger partial charge in [0, 0.05) is 19.3 Å². The molecular weight excluding hydrogens is 961 g/mol. The topological polar surface area (TPSA) is 78.9 Å². The Morgan fingerprint density at radius 2 is 0.500 bits per heavy atom. The van der Waals surface area contributed by atoms with Crippen LogP contribution in [0, 0.1) is 0 Å². The summed E-state index contributed by atoms with van der Waals surface area (Å²) < 4.78 is 16.9. The van der Waals surface area contributed by atoms with Gasteiger partial charge in [-0.05, 0) is 57.8 Å². The quantitative estimate of drug-likeness (QED) is 0.0261. The van der Waals surface area contributed by atoms with Crippen molar-refractivity contribution in [3.05, 3.63) is 48.6 Å². The van der Waals surface area contributed by atoms with Crippen molar-refractivity contribution in [3.63, 3.8) is 0 Å². The first kappa shape index (κ1) is 75.4. The first-order valence-corrected chi connectivity index (χ1v) is 34.6. The van der Waals surface area contributed by atoms with Crippen molar-refractivity contribution in [1.82, 2.24) is 0 Å². The Morgan fingerprint density at radius 3 is 0.782 bits per heavy atom. The zero-order valence-electron chi connectivity index (χ0n) is 52.5. The molecule has 0 aromatic heterocycles. The van der Waals surface area contributed by atoms with E-state index in [1.54, 1.807) is 0 Å². The number of rotatable bonds is 64. The van der Waals surface area contributed by atoms with E-state index in [0.717, 1.165) is 96.3 Å². The van der Waals surface area contributed by atoms with Crippen LogP contribution in [0.2, 0.25) is 0 Å². The van der Waals surface area contributed by atoms with E-state index in [0.29, 0.717) is 19.3 Å². The molecule has 0 rings (SSSR count). The van der Waals surface area contributed by atoms with Crippen LogP contribution in [0.25, 0.3) is 0 Å². The zero-order valence-corrected chi connectivity index (χ0v) is 52.5. The molecule has 0 aliphatic heterocycles. The molecule has 0 fully saturated rings. The van der Waals surface area contributed by atoms with E-state index in [1.807, 2.05) is 0 Å². The van der Waals surface area contributed by atoms with Crippen LogP contribution in [0.5, 0.6) is 0 Å². The fourth-order valence-corrected chi connectivity index (χ4v) is 10.4. The van der Waals surface area contributed by atoms with Crippen LogP contribution in [-0.4, -0.2) is 37.2 Å². The Labute approximate surface area is 486 Å². The van der Waals surface area contributed by atoms with E-state index in [-0.39, 0.29) is 31.1 Å². The predicted molar refractivity (Wildman–Crippen MR) is 339 cm³/mol. The van der Waals surface area contributed by atoms with Crippen molar-refractivity contribution in [2.75, 3.05) is 13.2 Å². The minimum absolute atomic E-state index is 0.0782. The van der Waals surface area contributed by atoms with Gasteiger partial charge in [-0.25, -0.2) is 0 Å². The van der Waals surface area contributed by atoms with Gasteiger partial charge >= 0.3 is 17.9 Å². The maximum atomic E-state index is 12.9. The van der Waals surface area contributed by atoms with Crippen molar-refractivity contribution in [2.45, 2.75) is 380 Å². The van der Waals surface area contributed by atoms with Gasteiger partial charge in [0.2, 0.25) is 0 Å². The highest BCUT2D eigenvalue weighted by molar-refractivity contribution is 5.71. The van der Waals surface area contributed by atoms with Gasteiger partial charge in [0.1, 0.15) is 13.2 Å². The Balaban J connectivity index is 4.20. The predicted octanol–water partition coefficient (Wildman–Crippen LogP) is 23.7. The summed E-state index contributed by atoms with van der Waals surface area (Å²) >= 11 is 0. The van der Waals surface area contributed by atoms with Crippen LogP contribution >= 0.6 is 0 Å². The molecule has 0 aromatic rings. The summed E-state index contributed by atoms with van der Waals surface area (Å²) in [5.74, 6) is -0.877. The lowest BCUT2D eigenvalue weighted by Gasteiger charge is -2.18. The Kier molecular flexibility index (Phi) is 64.6. The van der Waals surface area contributed by atoms with Gasteiger partial charge in [-0.15, -0.1) is 0 Å². The Bertz CT molecular complexity index is 1350.